The molecule has 0 N–H and O–H groups in total. The lowest BCUT2D eigenvalue weighted by molar-refractivity contribution is -0.150. The van der Waals surface area contributed by atoms with Crippen molar-refractivity contribution >= 4 is 26.1 Å². The van der Waals surface area contributed by atoms with Crippen molar-refractivity contribution in [3.8, 4) is 0 Å². The van der Waals surface area contributed by atoms with Crippen molar-refractivity contribution in [2.24, 2.45) is 5.92 Å². The van der Waals surface area contributed by atoms with Gasteiger partial charge in [0.25, 0.3) is 0 Å². The molecule has 1 unspecified atom stereocenters. The lowest BCUT2D eigenvalue weighted by atomic mass is 9.87. The summed E-state index contributed by atoms with van der Waals surface area (Å²) in [7, 11) is 5.87. The van der Waals surface area contributed by atoms with Gasteiger partial charge in [-0.3, -0.25) is 9.59 Å². The van der Waals surface area contributed by atoms with Gasteiger partial charge in [0, 0.05) is 19.3 Å². The van der Waals surface area contributed by atoms with Crippen molar-refractivity contribution in [1.82, 2.24) is 4.90 Å². The van der Waals surface area contributed by atoms with Crippen molar-refractivity contribution in [3.05, 3.63) is 18.6 Å². The van der Waals surface area contributed by atoms with E-state index in [2.05, 4.69) is 58.8 Å². The van der Waals surface area contributed by atoms with Crippen molar-refractivity contribution in [2.75, 3.05) is 32.8 Å². The topological polar surface area (TPSA) is 82.1 Å². The maximum Gasteiger partial charge on any atom is 0.306 e. The lowest BCUT2D eigenvalue weighted by Crippen LogP contribution is -2.22. The van der Waals surface area contributed by atoms with Gasteiger partial charge in [-0.15, -0.1) is 0 Å². The fourth-order valence-corrected chi connectivity index (χ4v) is 7.22. The molecule has 0 aromatic rings. The quantitative estimate of drug-likeness (QED) is 0.0151. The molecule has 1 fully saturated rings. The average Bonchev–Trinajstić information content (AvgIpc) is 3.71. The van der Waals surface area contributed by atoms with E-state index in [1.54, 1.807) is 0 Å². The standard InChI is InChI=1S/C28H52O3.C19H36BNO2.C4H8O.C4H10.C2H6/c1-4-7-9-11-14-18-22-27(23-19-15-12-10-8-5-2)31-28(29)24-20-16-13-17-21-26-30-25-6-3;1-2-3-4-5-6-7-8-9-10-16-23-19(22)12-11-14-21-15-13-18(20)17-21;1-2-3-4-5;1-4(2)3;1-2/h25,27H,3-5,7-24,26H2,1-2H3;18H,2-17H2,1H3;4H,2-3H2,1H3;4H,1-3H3;1-2H3. The molecule has 0 amide bonds. The van der Waals surface area contributed by atoms with Crippen LogP contribution in [0.25, 0.3) is 0 Å². The summed E-state index contributed by atoms with van der Waals surface area (Å²) in [5.74, 6) is 1.14. The predicted molar refractivity (Wildman–Crippen MR) is 284 cm³/mol. The van der Waals surface area contributed by atoms with E-state index in [4.69, 9.17) is 22.1 Å². The molecule has 0 aliphatic carbocycles. The number of unbranched alkanes of at least 4 members (excludes halogenated alkanes) is 23. The molecule has 0 aromatic carbocycles. The van der Waals surface area contributed by atoms with Gasteiger partial charge in [-0.2, -0.15) is 0 Å². The van der Waals surface area contributed by atoms with Crippen molar-refractivity contribution < 1.29 is 28.6 Å². The summed E-state index contributed by atoms with van der Waals surface area (Å²) in [5, 5.41) is 0. The molecule has 1 saturated heterocycles. The number of rotatable bonds is 40. The third-order valence-corrected chi connectivity index (χ3v) is 10.9. The first-order chi connectivity index (χ1) is 31.6. The van der Waals surface area contributed by atoms with Gasteiger partial charge in [-0.1, -0.05) is 215 Å². The van der Waals surface area contributed by atoms with Gasteiger partial charge in [0.05, 0.1) is 21.1 Å². The van der Waals surface area contributed by atoms with Crippen LogP contribution in [0, 0.1) is 5.92 Å². The Morgan fingerprint density at radius 1 is 0.631 bits per heavy atom. The maximum atomic E-state index is 12.3. The highest BCUT2D eigenvalue weighted by Gasteiger charge is 2.18. The molecule has 8 heteroatoms. The Bertz CT molecular complexity index is 968. The third-order valence-electron chi connectivity index (χ3n) is 10.9. The Morgan fingerprint density at radius 3 is 1.48 bits per heavy atom. The number of carbonyl (C=O) groups excluding carboxylic acids is 3. The number of ether oxygens (including phenoxy) is 3. The predicted octanol–water partition coefficient (Wildman–Crippen LogP) is 17.2. The van der Waals surface area contributed by atoms with Crippen LogP contribution in [-0.4, -0.2) is 69.9 Å². The van der Waals surface area contributed by atoms with Crippen molar-refractivity contribution in [1.29, 1.82) is 0 Å². The smallest absolute Gasteiger partial charge is 0.306 e. The maximum absolute atomic E-state index is 12.3. The Balaban J connectivity index is -0.000000476. The van der Waals surface area contributed by atoms with Crippen LogP contribution in [0.3, 0.4) is 0 Å². The number of likely N-dealkylation sites (tertiary alicyclic amines) is 1. The number of hydrogen-bond donors (Lipinski definition) is 0. The second-order valence-electron chi connectivity index (χ2n) is 18.6. The van der Waals surface area contributed by atoms with Gasteiger partial charge in [-0.25, -0.2) is 0 Å². The minimum absolute atomic E-state index is 0.0152. The van der Waals surface area contributed by atoms with E-state index in [-0.39, 0.29) is 18.0 Å². The summed E-state index contributed by atoms with van der Waals surface area (Å²) in [4.78, 5) is 35.8. The second-order valence-corrected chi connectivity index (χ2v) is 18.6. The molecule has 1 aliphatic rings. The molecule has 0 bridgehead atoms. The van der Waals surface area contributed by atoms with E-state index >= 15 is 0 Å². The summed E-state index contributed by atoms with van der Waals surface area (Å²) in [5.41, 5.74) is 2.61. The largest absolute Gasteiger partial charge is 0.493 e. The van der Waals surface area contributed by atoms with Crippen LogP contribution < -0.4 is 0 Å². The number of aldehydes is 1. The summed E-state index contributed by atoms with van der Waals surface area (Å²) in [6.45, 7) is 27.1. The van der Waals surface area contributed by atoms with Crippen LogP contribution in [-0.2, 0) is 28.6 Å². The van der Waals surface area contributed by atoms with Gasteiger partial charge >= 0.3 is 11.9 Å². The Hall–Kier alpha value is -2.05. The first-order valence-electron chi connectivity index (χ1n) is 27.8. The highest BCUT2D eigenvalue weighted by Crippen LogP contribution is 2.19. The minimum Gasteiger partial charge on any atom is -0.493 e. The van der Waals surface area contributed by atoms with E-state index in [0.717, 1.165) is 109 Å². The summed E-state index contributed by atoms with van der Waals surface area (Å²) in [6.07, 6.45) is 42.0. The second kappa shape index (κ2) is 62.0. The van der Waals surface area contributed by atoms with Gasteiger partial charge in [-0.05, 0) is 89.8 Å². The summed E-state index contributed by atoms with van der Waals surface area (Å²) in [6, 6.07) is 0. The summed E-state index contributed by atoms with van der Waals surface area (Å²) < 4.78 is 16.4. The van der Waals surface area contributed by atoms with Gasteiger partial charge < -0.3 is 23.9 Å². The van der Waals surface area contributed by atoms with Crippen LogP contribution in [0.2, 0.25) is 5.82 Å². The molecular weight excluding hydrogens is 805 g/mol. The van der Waals surface area contributed by atoms with Gasteiger partial charge in [0.1, 0.15) is 18.7 Å². The first kappa shape index (κ1) is 69.5. The van der Waals surface area contributed by atoms with E-state index < -0.39 is 0 Å². The van der Waals surface area contributed by atoms with Crippen molar-refractivity contribution in [3.63, 3.8) is 0 Å². The molecule has 1 heterocycles. The third kappa shape index (κ3) is 66.3. The molecule has 1 aliphatic heterocycles. The van der Waals surface area contributed by atoms with E-state index in [1.807, 2.05) is 20.8 Å². The zero-order valence-corrected chi connectivity index (χ0v) is 45.1. The average molecular weight is 918 g/mol. The van der Waals surface area contributed by atoms with Crippen LogP contribution in [0.15, 0.2) is 18.6 Å². The Labute approximate surface area is 408 Å². The molecule has 384 valence electrons. The van der Waals surface area contributed by atoms with E-state index in [9.17, 15) is 14.4 Å². The molecular formula is C57H112BNO6. The zero-order chi connectivity index (χ0) is 49.3. The lowest BCUT2D eigenvalue weighted by Gasteiger charge is -2.18. The van der Waals surface area contributed by atoms with E-state index in [0.29, 0.717) is 31.7 Å². The highest BCUT2D eigenvalue weighted by atomic mass is 16.5. The molecule has 1 rings (SSSR count). The van der Waals surface area contributed by atoms with Crippen LogP contribution >= 0.6 is 0 Å². The molecule has 0 aromatic heterocycles. The molecule has 1 atom stereocenters. The van der Waals surface area contributed by atoms with E-state index in [1.165, 1.54) is 135 Å². The monoisotopic (exact) mass is 918 g/mol. The van der Waals surface area contributed by atoms with Gasteiger partial charge in [0.15, 0.2) is 0 Å². The highest BCUT2D eigenvalue weighted by molar-refractivity contribution is 6.11. The number of nitrogens with zero attached hydrogens (tertiary/aromatic N) is 1. The fraction of sp³-hybridized carbons (Fsp3) is 0.895. The van der Waals surface area contributed by atoms with Gasteiger partial charge in [0.2, 0.25) is 0 Å². The molecule has 65 heavy (non-hydrogen) atoms. The van der Waals surface area contributed by atoms with Crippen molar-refractivity contribution in [2.45, 2.75) is 293 Å². The Morgan fingerprint density at radius 2 is 1.06 bits per heavy atom. The molecule has 0 spiro atoms. The SMILES string of the molecule is C=C=COCCCCCCCC(=O)OC(CCCCCCCC)CCCCCCCC.CC.CC(C)C.CCCC=O.[B]C1CCN(CCCC(=O)OCCCCCCCCCCC)C1. The normalized spacial score (nSPS) is 12.9. The number of esters is 2. The summed E-state index contributed by atoms with van der Waals surface area (Å²) >= 11 is 0. The zero-order valence-electron chi connectivity index (χ0n) is 45.1. The van der Waals surface area contributed by atoms with Crippen LogP contribution in [0.4, 0.5) is 0 Å². The van der Waals surface area contributed by atoms with Crippen LogP contribution in [0.1, 0.15) is 281 Å². The molecule has 7 nitrogen and oxygen atoms in total. The minimum atomic E-state index is -0.0342. The number of hydrogen-bond acceptors (Lipinski definition) is 7. The molecule has 2 radical (unpaired) electrons. The molecule has 0 saturated carbocycles. The number of carbonyl (C=O) groups is 3. The van der Waals surface area contributed by atoms with Crippen LogP contribution in [0.5, 0.6) is 0 Å². The fourth-order valence-electron chi connectivity index (χ4n) is 7.22. The first-order valence-corrected chi connectivity index (χ1v) is 27.8. The Kier molecular flexibility index (Phi) is 66.3.